The first-order valence-corrected chi connectivity index (χ1v) is 4.06. The third-order valence-electron chi connectivity index (χ3n) is 1.37. The molecule has 0 atom stereocenters. The fraction of sp³-hybridized carbons (Fsp3) is 0. The van der Waals surface area contributed by atoms with Gasteiger partial charge in [-0.1, -0.05) is 12.1 Å². The molecule has 0 amide bonds. The van der Waals surface area contributed by atoms with Crippen LogP contribution in [0.25, 0.3) is 0 Å². The zero-order chi connectivity index (χ0) is 10.2. The molecule has 0 bridgehead atoms. The molecule has 0 aliphatic heterocycles. The van der Waals surface area contributed by atoms with Crippen molar-refractivity contribution in [1.82, 2.24) is 4.98 Å². The van der Waals surface area contributed by atoms with Crippen LogP contribution in [0, 0.1) is 5.21 Å². The van der Waals surface area contributed by atoms with Crippen molar-refractivity contribution in [2.75, 3.05) is 0 Å². The zero-order valence-electron chi connectivity index (χ0n) is 7.46. The summed E-state index contributed by atoms with van der Waals surface area (Å²) in [6, 6.07) is 10.1. The van der Waals surface area contributed by atoms with Gasteiger partial charge in [-0.3, -0.25) is 4.79 Å². The third kappa shape index (κ3) is 4.06. The standard InChI is InChI=1S/2C5H5NO/c7-6-4-2-1-3-5-6;7-5-3-1-2-4-6-5/h1-5H;1-4H,(H,6,7). The monoisotopic (exact) mass is 190 g/mol. The molecule has 2 aromatic heterocycles. The minimum Gasteiger partial charge on any atom is -0.619 e. The molecule has 0 unspecified atom stereocenters. The molecule has 1 N–H and O–H groups in total. The maximum absolute atomic E-state index is 10.2. The number of nitrogens with one attached hydrogen (secondary N) is 1. The highest BCUT2D eigenvalue weighted by Gasteiger charge is 1.75. The van der Waals surface area contributed by atoms with E-state index in [1.54, 1.807) is 36.5 Å². The highest BCUT2D eigenvalue weighted by atomic mass is 16.5. The Morgan fingerprint density at radius 3 is 2.07 bits per heavy atom. The fourth-order valence-corrected chi connectivity index (χ4v) is 0.760. The van der Waals surface area contributed by atoms with E-state index in [0.717, 1.165) is 4.73 Å². The van der Waals surface area contributed by atoms with Crippen LogP contribution in [0.3, 0.4) is 0 Å². The van der Waals surface area contributed by atoms with Crippen molar-refractivity contribution in [3.8, 4) is 0 Å². The van der Waals surface area contributed by atoms with Gasteiger partial charge in [0.1, 0.15) is 0 Å². The highest BCUT2D eigenvalue weighted by Crippen LogP contribution is 1.72. The Hall–Kier alpha value is -2.10. The van der Waals surface area contributed by atoms with Crippen molar-refractivity contribution >= 4 is 0 Å². The molecule has 0 radical (unpaired) electrons. The SMILES string of the molecule is O=c1cccc[nH]1.[O-][n+]1ccccc1. The summed E-state index contributed by atoms with van der Waals surface area (Å²) in [7, 11) is 0. The van der Waals surface area contributed by atoms with Crippen LogP contribution in [0.4, 0.5) is 0 Å². The molecule has 0 spiro atoms. The molecule has 0 aliphatic rings. The van der Waals surface area contributed by atoms with E-state index >= 15 is 0 Å². The molecule has 0 aliphatic carbocycles. The van der Waals surface area contributed by atoms with Crippen molar-refractivity contribution in [3.63, 3.8) is 0 Å². The van der Waals surface area contributed by atoms with Crippen LogP contribution in [0.1, 0.15) is 0 Å². The number of nitrogens with zero attached hydrogens (tertiary/aromatic N) is 1. The summed E-state index contributed by atoms with van der Waals surface area (Å²) in [6.07, 6.45) is 4.49. The number of aromatic amines is 1. The minimum absolute atomic E-state index is 0.0532. The molecule has 4 nitrogen and oxygen atoms in total. The molecule has 0 aromatic carbocycles. The zero-order valence-corrected chi connectivity index (χ0v) is 7.46. The average molecular weight is 190 g/mol. The lowest BCUT2D eigenvalue weighted by atomic mass is 10.5. The Kier molecular flexibility index (Phi) is 3.94. The largest absolute Gasteiger partial charge is 0.619 e. The molecule has 14 heavy (non-hydrogen) atoms. The van der Waals surface area contributed by atoms with Crippen molar-refractivity contribution in [1.29, 1.82) is 0 Å². The lowest BCUT2D eigenvalue weighted by molar-refractivity contribution is -0.605. The molecule has 4 heteroatoms. The first-order valence-electron chi connectivity index (χ1n) is 4.06. The summed E-state index contributed by atoms with van der Waals surface area (Å²) >= 11 is 0. The normalized spacial score (nSPS) is 8.57. The Morgan fingerprint density at radius 2 is 1.79 bits per heavy atom. The lowest BCUT2D eigenvalue weighted by Gasteiger charge is -1.88. The molecule has 72 valence electrons. The van der Waals surface area contributed by atoms with Crippen molar-refractivity contribution < 1.29 is 4.73 Å². The quantitative estimate of drug-likeness (QED) is 0.491. The second-order valence-electron chi connectivity index (χ2n) is 2.46. The molecule has 0 fully saturated rings. The van der Waals surface area contributed by atoms with Gasteiger partial charge in [-0.15, -0.1) is 0 Å². The summed E-state index contributed by atoms with van der Waals surface area (Å²) < 4.78 is 0.750. The number of H-pyrrole nitrogens is 1. The second kappa shape index (κ2) is 5.53. The summed E-state index contributed by atoms with van der Waals surface area (Å²) in [5, 5.41) is 10.2. The number of hydrogen-bond acceptors (Lipinski definition) is 2. The molecule has 0 saturated carbocycles. The Morgan fingerprint density at radius 1 is 1.07 bits per heavy atom. The van der Waals surface area contributed by atoms with Gasteiger partial charge >= 0.3 is 0 Å². The summed E-state index contributed by atoms with van der Waals surface area (Å²) in [6.45, 7) is 0. The molecule has 2 aromatic rings. The average Bonchev–Trinajstić information content (AvgIpc) is 2.21. The van der Waals surface area contributed by atoms with E-state index in [1.807, 2.05) is 0 Å². The van der Waals surface area contributed by atoms with Gasteiger partial charge in [0.15, 0.2) is 12.4 Å². The fourth-order valence-electron chi connectivity index (χ4n) is 0.760. The van der Waals surface area contributed by atoms with Gasteiger partial charge in [0, 0.05) is 24.4 Å². The number of rotatable bonds is 0. The molecule has 2 rings (SSSR count). The van der Waals surface area contributed by atoms with Crippen LogP contribution in [-0.4, -0.2) is 4.98 Å². The highest BCUT2D eigenvalue weighted by molar-refractivity contribution is 4.89. The van der Waals surface area contributed by atoms with Crippen LogP contribution in [0.15, 0.2) is 59.8 Å². The van der Waals surface area contributed by atoms with Gasteiger partial charge in [-0.05, 0) is 6.07 Å². The van der Waals surface area contributed by atoms with Crippen molar-refractivity contribution in [3.05, 3.63) is 70.5 Å². The van der Waals surface area contributed by atoms with Crippen LogP contribution in [-0.2, 0) is 0 Å². The molecule has 0 saturated heterocycles. The molecular formula is C10H10N2O2. The Labute approximate surface area is 81.1 Å². The van der Waals surface area contributed by atoms with Crippen molar-refractivity contribution in [2.24, 2.45) is 0 Å². The third-order valence-corrected chi connectivity index (χ3v) is 1.37. The van der Waals surface area contributed by atoms with E-state index in [1.165, 1.54) is 18.5 Å². The Balaban J connectivity index is 0.000000140. The second-order valence-corrected chi connectivity index (χ2v) is 2.46. The van der Waals surface area contributed by atoms with Gasteiger partial charge in [-0.25, -0.2) is 0 Å². The predicted molar refractivity (Wildman–Crippen MR) is 52.5 cm³/mol. The number of pyridine rings is 2. The number of hydrogen-bond donors (Lipinski definition) is 1. The minimum atomic E-state index is -0.0532. The molecular weight excluding hydrogens is 180 g/mol. The van der Waals surface area contributed by atoms with Gasteiger partial charge in [0.25, 0.3) is 0 Å². The van der Waals surface area contributed by atoms with Crippen LogP contribution in [0.2, 0.25) is 0 Å². The van der Waals surface area contributed by atoms with Crippen LogP contribution < -0.4 is 10.3 Å². The predicted octanol–water partition coefficient (Wildman–Crippen LogP) is 0.695. The Bertz CT molecular complexity index is 394. The molecule has 2 heterocycles. The van der Waals surface area contributed by atoms with Crippen LogP contribution >= 0.6 is 0 Å². The van der Waals surface area contributed by atoms with E-state index in [9.17, 15) is 10.0 Å². The van der Waals surface area contributed by atoms with E-state index < -0.39 is 0 Å². The topological polar surface area (TPSA) is 59.8 Å². The van der Waals surface area contributed by atoms with E-state index in [-0.39, 0.29) is 5.56 Å². The van der Waals surface area contributed by atoms with Crippen LogP contribution in [0.5, 0.6) is 0 Å². The maximum atomic E-state index is 10.2. The van der Waals surface area contributed by atoms with Gasteiger partial charge < -0.3 is 10.2 Å². The first kappa shape index (κ1) is 9.98. The maximum Gasteiger partial charge on any atom is 0.247 e. The number of aromatic nitrogens is 2. The summed E-state index contributed by atoms with van der Waals surface area (Å²) in [5.74, 6) is 0. The van der Waals surface area contributed by atoms with Crippen molar-refractivity contribution in [2.45, 2.75) is 0 Å². The van der Waals surface area contributed by atoms with E-state index in [2.05, 4.69) is 4.98 Å². The van der Waals surface area contributed by atoms with E-state index in [0.29, 0.717) is 0 Å². The van der Waals surface area contributed by atoms with Gasteiger partial charge in [-0.2, -0.15) is 4.73 Å². The van der Waals surface area contributed by atoms with Gasteiger partial charge in [0.05, 0.1) is 0 Å². The van der Waals surface area contributed by atoms with Gasteiger partial charge in [0.2, 0.25) is 5.56 Å². The lowest BCUT2D eigenvalue weighted by Crippen LogP contribution is -2.22. The summed E-state index contributed by atoms with van der Waals surface area (Å²) in [4.78, 5) is 12.7. The smallest absolute Gasteiger partial charge is 0.247 e. The summed E-state index contributed by atoms with van der Waals surface area (Å²) in [5.41, 5.74) is -0.0532. The first-order chi connectivity index (χ1) is 6.79. The van der Waals surface area contributed by atoms with E-state index in [4.69, 9.17) is 0 Å².